The number of rotatable bonds is 4. The number of nitrogens with zero attached hydrogens (tertiary/aromatic N) is 2. The quantitative estimate of drug-likeness (QED) is 0.920. The second-order valence-electron chi connectivity index (χ2n) is 5.26. The fraction of sp³-hybridized carbons (Fsp3) is 0.235. The van der Waals surface area contributed by atoms with E-state index in [1.54, 1.807) is 48.8 Å². The maximum atomic E-state index is 12.5. The molecule has 2 aromatic rings. The summed E-state index contributed by atoms with van der Waals surface area (Å²) >= 11 is 0. The molecule has 1 amide bonds. The van der Waals surface area contributed by atoms with Crippen molar-refractivity contribution < 1.29 is 24.2 Å². The Labute approximate surface area is 138 Å². The van der Waals surface area contributed by atoms with E-state index in [4.69, 9.17) is 14.6 Å². The molecule has 1 aliphatic heterocycles. The van der Waals surface area contributed by atoms with Crippen molar-refractivity contribution in [3.05, 3.63) is 54.4 Å². The van der Waals surface area contributed by atoms with Gasteiger partial charge in [0.1, 0.15) is 11.5 Å². The number of amides is 1. The molecule has 1 saturated heterocycles. The van der Waals surface area contributed by atoms with Crippen molar-refractivity contribution in [1.29, 1.82) is 0 Å². The van der Waals surface area contributed by atoms with Gasteiger partial charge in [-0.05, 0) is 36.4 Å². The molecule has 1 aromatic heterocycles. The number of aliphatic carboxylic acids is 1. The van der Waals surface area contributed by atoms with Crippen LogP contribution in [0.1, 0.15) is 10.4 Å². The molecule has 2 heterocycles. The van der Waals surface area contributed by atoms with Crippen LogP contribution in [0, 0.1) is 0 Å². The molecular formula is C17H16N2O5. The Kier molecular flexibility index (Phi) is 4.72. The van der Waals surface area contributed by atoms with Gasteiger partial charge in [-0.1, -0.05) is 0 Å². The van der Waals surface area contributed by atoms with Gasteiger partial charge in [0, 0.05) is 18.3 Å². The SMILES string of the molecule is O=C(O)C1CN(C(=O)c2ccc(Oc3cccnc3)cc2)CCO1. The normalized spacial score (nSPS) is 17.3. The van der Waals surface area contributed by atoms with E-state index in [9.17, 15) is 9.59 Å². The Hall–Kier alpha value is -2.93. The van der Waals surface area contributed by atoms with Crippen molar-refractivity contribution in [1.82, 2.24) is 9.88 Å². The van der Waals surface area contributed by atoms with Gasteiger partial charge in [0.15, 0.2) is 6.10 Å². The summed E-state index contributed by atoms with van der Waals surface area (Å²) in [5.74, 6) is -0.0933. The fourth-order valence-electron chi connectivity index (χ4n) is 2.37. The number of morpholine rings is 1. The number of carboxylic acid groups (broad SMARTS) is 1. The highest BCUT2D eigenvalue weighted by molar-refractivity contribution is 5.94. The number of pyridine rings is 1. The number of carbonyl (C=O) groups excluding carboxylic acids is 1. The summed E-state index contributed by atoms with van der Waals surface area (Å²) in [5.41, 5.74) is 0.472. The van der Waals surface area contributed by atoms with E-state index < -0.39 is 12.1 Å². The van der Waals surface area contributed by atoms with Crippen molar-refractivity contribution in [2.75, 3.05) is 19.7 Å². The van der Waals surface area contributed by atoms with Crippen LogP contribution in [0.5, 0.6) is 11.5 Å². The van der Waals surface area contributed by atoms with Crippen molar-refractivity contribution >= 4 is 11.9 Å². The van der Waals surface area contributed by atoms with Crippen LogP contribution < -0.4 is 4.74 Å². The maximum absolute atomic E-state index is 12.5. The summed E-state index contributed by atoms with van der Waals surface area (Å²) < 4.78 is 10.7. The molecule has 1 fully saturated rings. The predicted molar refractivity (Wildman–Crippen MR) is 84.0 cm³/mol. The number of hydrogen-bond acceptors (Lipinski definition) is 5. The van der Waals surface area contributed by atoms with Crippen LogP contribution in [0.4, 0.5) is 0 Å². The average molecular weight is 328 g/mol. The molecule has 0 radical (unpaired) electrons. The standard InChI is InChI=1S/C17H16N2O5/c20-16(19-8-9-23-15(11-19)17(21)22)12-3-5-13(6-4-12)24-14-2-1-7-18-10-14/h1-7,10,15H,8-9,11H2,(H,21,22). The minimum absolute atomic E-state index is 0.0438. The molecule has 0 bridgehead atoms. The first kappa shape index (κ1) is 15.9. The molecule has 1 N–H and O–H groups in total. The van der Waals surface area contributed by atoms with Gasteiger partial charge in [-0.25, -0.2) is 4.79 Å². The third-order valence-corrected chi connectivity index (χ3v) is 3.60. The van der Waals surface area contributed by atoms with E-state index in [0.717, 1.165) is 0 Å². The van der Waals surface area contributed by atoms with Gasteiger partial charge in [-0.2, -0.15) is 0 Å². The van der Waals surface area contributed by atoms with E-state index in [1.165, 1.54) is 4.90 Å². The zero-order valence-corrected chi connectivity index (χ0v) is 12.8. The van der Waals surface area contributed by atoms with E-state index in [1.807, 2.05) is 0 Å². The number of aromatic nitrogens is 1. The smallest absolute Gasteiger partial charge is 0.334 e. The summed E-state index contributed by atoms with van der Waals surface area (Å²) in [6.07, 6.45) is 2.27. The van der Waals surface area contributed by atoms with E-state index in [-0.39, 0.29) is 19.1 Å². The summed E-state index contributed by atoms with van der Waals surface area (Å²) in [4.78, 5) is 28.9. The highest BCUT2D eigenvalue weighted by atomic mass is 16.5. The van der Waals surface area contributed by atoms with Gasteiger partial charge in [0.05, 0.1) is 19.3 Å². The molecule has 1 aromatic carbocycles. The molecule has 0 saturated carbocycles. The largest absolute Gasteiger partial charge is 0.479 e. The molecule has 7 nitrogen and oxygen atoms in total. The molecule has 1 unspecified atom stereocenters. The number of hydrogen-bond donors (Lipinski definition) is 1. The molecule has 7 heteroatoms. The Balaban J connectivity index is 1.66. The van der Waals surface area contributed by atoms with E-state index >= 15 is 0 Å². The molecule has 1 atom stereocenters. The zero-order valence-electron chi connectivity index (χ0n) is 12.8. The van der Waals surface area contributed by atoms with Gasteiger partial charge < -0.3 is 19.5 Å². The fourth-order valence-corrected chi connectivity index (χ4v) is 2.37. The summed E-state index contributed by atoms with van der Waals surface area (Å²) in [7, 11) is 0. The Morgan fingerprint density at radius 1 is 1.21 bits per heavy atom. The average Bonchev–Trinajstić information content (AvgIpc) is 2.63. The number of ether oxygens (including phenoxy) is 2. The van der Waals surface area contributed by atoms with Crippen molar-refractivity contribution in [2.45, 2.75) is 6.10 Å². The Morgan fingerprint density at radius 3 is 2.67 bits per heavy atom. The molecule has 0 spiro atoms. The van der Waals surface area contributed by atoms with Crippen LogP contribution in [0.3, 0.4) is 0 Å². The lowest BCUT2D eigenvalue weighted by atomic mass is 10.1. The minimum Gasteiger partial charge on any atom is -0.479 e. The minimum atomic E-state index is -1.06. The first-order valence-electron chi connectivity index (χ1n) is 7.45. The lowest BCUT2D eigenvalue weighted by molar-refractivity contribution is -0.154. The van der Waals surface area contributed by atoms with Crippen LogP contribution >= 0.6 is 0 Å². The summed E-state index contributed by atoms with van der Waals surface area (Å²) in [5, 5.41) is 9.00. The maximum Gasteiger partial charge on any atom is 0.334 e. The van der Waals surface area contributed by atoms with Gasteiger partial charge in [-0.15, -0.1) is 0 Å². The Bertz CT molecular complexity index is 718. The molecule has 3 rings (SSSR count). The van der Waals surface area contributed by atoms with Crippen molar-refractivity contribution in [3.8, 4) is 11.5 Å². The van der Waals surface area contributed by atoms with E-state index in [2.05, 4.69) is 4.98 Å². The van der Waals surface area contributed by atoms with Crippen LogP contribution in [-0.4, -0.2) is 52.7 Å². The van der Waals surface area contributed by atoms with Gasteiger partial charge in [0.25, 0.3) is 5.91 Å². The molecule has 24 heavy (non-hydrogen) atoms. The zero-order chi connectivity index (χ0) is 16.9. The van der Waals surface area contributed by atoms with Crippen molar-refractivity contribution in [2.24, 2.45) is 0 Å². The van der Waals surface area contributed by atoms with Crippen LogP contribution in [0.25, 0.3) is 0 Å². The summed E-state index contributed by atoms with van der Waals surface area (Å²) in [6, 6.07) is 10.2. The van der Waals surface area contributed by atoms with Crippen LogP contribution in [0.2, 0.25) is 0 Å². The number of benzene rings is 1. The van der Waals surface area contributed by atoms with Crippen LogP contribution in [-0.2, 0) is 9.53 Å². The molecule has 1 aliphatic rings. The Morgan fingerprint density at radius 2 is 2.00 bits per heavy atom. The third-order valence-electron chi connectivity index (χ3n) is 3.60. The van der Waals surface area contributed by atoms with Gasteiger partial charge in [-0.3, -0.25) is 9.78 Å². The lowest BCUT2D eigenvalue weighted by Gasteiger charge is -2.30. The van der Waals surface area contributed by atoms with Gasteiger partial charge >= 0.3 is 5.97 Å². The first-order chi connectivity index (χ1) is 11.6. The van der Waals surface area contributed by atoms with Crippen LogP contribution in [0.15, 0.2) is 48.8 Å². The topological polar surface area (TPSA) is 89.0 Å². The van der Waals surface area contributed by atoms with Gasteiger partial charge in [0.2, 0.25) is 0 Å². The lowest BCUT2D eigenvalue weighted by Crippen LogP contribution is -2.48. The summed E-state index contributed by atoms with van der Waals surface area (Å²) in [6.45, 7) is 0.629. The number of carbonyl (C=O) groups is 2. The van der Waals surface area contributed by atoms with E-state index in [0.29, 0.717) is 23.6 Å². The predicted octanol–water partition coefficient (Wildman–Crippen LogP) is 1.80. The molecule has 0 aliphatic carbocycles. The molecular weight excluding hydrogens is 312 g/mol. The second-order valence-corrected chi connectivity index (χ2v) is 5.26. The monoisotopic (exact) mass is 328 g/mol. The first-order valence-corrected chi connectivity index (χ1v) is 7.45. The molecule has 124 valence electrons. The second kappa shape index (κ2) is 7.10. The third kappa shape index (κ3) is 3.69. The highest BCUT2D eigenvalue weighted by Crippen LogP contribution is 2.21. The number of carboxylic acids is 1. The van der Waals surface area contributed by atoms with Crippen molar-refractivity contribution in [3.63, 3.8) is 0 Å². The highest BCUT2D eigenvalue weighted by Gasteiger charge is 2.29.